The van der Waals surface area contributed by atoms with Crippen molar-refractivity contribution in [3.05, 3.63) is 0 Å². The quantitative estimate of drug-likeness (QED) is 0.406. The first-order valence-corrected chi connectivity index (χ1v) is 2.79. The minimum atomic E-state index is -0.842. The van der Waals surface area contributed by atoms with Crippen LogP contribution in [0.15, 0.2) is 0 Å². The largest absolute Gasteiger partial charge is 0.481 e. The topological polar surface area (TPSA) is 55.8 Å². The monoisotopic (exact) mass is 130 g/mol. The molecule has 9 heavy (non-hydrogen) atoms. The minimum absolute atomic E-state index is 0.0417. The second-order valence-electron chi connectivity index (χ2n) is 1.93. The van der Waals surface area contributed by atoms with Crippen LogP contribution in [0.25, 0.3) is 0 Å². The Labute approximate surface area is 53.0 Å². The zero-order valence-electron chi connectivity index (χ0n) is 4.87. The first-order valence-electron chi connectivity index (χ1n) is 2.79. The average molecular weight is 130 g/mol. The highest BCUT2D eigenvalue weighted by atomic mass is 17.2. The van der Waals surface area contributed by atoms with E-state index in [9.17, 15) is 4.79 Å². The van der Waals surface area contributed by atoms with Crippen molar-refractivity contribution in [1.82, 2.24) is 0 Å². The van der Waals surface area contributed by atoms with Gasteiger partial charge in [0, 0.05) is 0 Å². The summed E-state index contributed by atoms with van der Waals surface area (Å²) in [6, 6.07) is 0. The Balaban J connectivity index is 2.19. The van der Waals surface area contributed by atoms with E-state index in [-0.39, 0.29) is 12.5 Å². The summed E-state index contributed by atoms with van der Waals surface area (Å²) < 4.78 is 0. The molecule has 0 aromatic carbocycles. The highest BCUT2D eigenvalue weighted by Crippen LogP contribution is 2.11. The van der Waals surface area contributed by atoms with Crippen molar-refractivity contribution in [2.75, 3.05) is 0 Å². The molecular formula is C4H7BO4. The molecule has 1 rings (SSSR count). The first kappa shape index (κ1) is 6.57. The molecule has 1 aliphatic rings. The lowest BCUT2D eigenvalue weighted by atomic mass is 9.92. The molecule has 1 heterocycles. The lowest BCUT2D eigenvalue weighted by Crippen LogP contribution is -2.10. The molecule has 4 nitrogen and oxygen atoms in total. The summed E-state index contributed by atoms with van der Waals surface area (Å²) in [7, 11) is 0.512. The fourth-order valence-electron chi connectivity index (χ4n) is 0.703. The van der Waals surface area contributed by atoms with Gasteiger partial charge in [0.25, 0.3) is 0 Å². The number of hydrogen-bond donors (Lipinski definition) is 1. The summed E-state index contributed by atoms with van der Waals surface area (Å²) in [5, 5.41) is 8.24. The standard InChI is InChI=1S/C4H7BO4/c6-4(7)1-3-2-5-9-8-3/h3,5H,1-2H2,(H,6,7). The maximum Gasteiger partial charge on any atom is 0.326 e. The summed E-state index contributed by atoms with van der Waals surface area (Å²) in [5.74, 6) is -0.842. The number of carbonyl (C=O) groups is 1. The van der Waals surface area contributed by atoms with Crippen molar-refractivity contribution in [1.29, 1.82) is 0 Å². The van der Waals surface area contributed by atoms with Crippen LogP contribution in [0.4, 0.5) is 0 Å². The number of carboxylic acid groups (broad SMARTS) is 1. The van der Waals surface area contributed by atoms with Gasteiger partial charge in [-0.25, -0.2) is 4.89 Å². The minimum Gasteiger partial charge on any atom is -0.481 e. The van der Waals surface area contributed by atoms with E-state index in [1.165, 1.54) is 0 Å². The van der Waals surface area contributed by atoms with Gasteiger partial charge in [0.2, 0.25) is 0 Å². The van der Waals surface area contributed by atoms with Crippen LogP contribution < -0.4 is 0 Å². The summed E-state index contributed by atoms with van der Waals surface area (Å²) in [5.41, 5.74) is 0. The highest BCUT2D eigenvalue weighted by Gasteiger charge is 2.21. The van der Waals surface area contributed by atoms with E-state index in [0.717, 1.165) is 0 Å². The van der Waals surface area contributed by atoms with Gasteiger partial charge in [-0.2, -0.15) is 0 Å². The van der Waals surface area contributed by atoms with Gasteiger partial charge >= 0.3 is 13.5 Å². The molecule has 0 radical (unpaired) electrons. The normalized spacial score (nSPS) is 25.6. The Hall–Kier alpha value is -0.545. The van der Waals surface area contributed by atoms with Crippen LogP contribution >= 0.6 is 0 Å². The number of carboxylic acids is 1. The predicted molar refractivity (Wildman–Crippen MR) is 30.2 cm³/mol. The SMILES string of the molecule is O=C(O)CC1CBOO1. The molecule has 0 aliphatic carbocycles. The van der Waals surface area contributed by atoms with Crippen LogP contribution in [0.5, 0.6) is 0 Å². The molecule has 0 saturated carbocycles. The second-order valence-corrected chi connectivity index (χ2v) is 1.93. The highest BCUT2D eigenvalue weighted by molar-refractivity contribution is 6.27. The predicted octanol–water partition coefficient (Wildman–Crippen LogP) is -0.439. The van der Waals surface area contributed by atoms with E-state index in [0.29, 0.717) is 13.8 Å². The van der Waals surface area contributed by atoms with Gasteiger partial charge in [-0.1, -0.05) is 0 Å². The summed E-state index contributed by atoms with van der Waals surface area (Å²) in [4.78, 5) is 19.1. The Morgan fingerprint density at radius 2 is 2.67 bits per heavy atom. The first-order chi connectivity index (χ1) is 4.29. The number of hydrogen-bond acceptors (Lipinski definition) is 3. The van der Waals surface area contributed by atoms with Gasteiger partial charge in [0.1, 0.15) is 0 Å². The van der Waals surface area contributed by atoms with Gasteiger partial charge in [0.15, 0.2) is 0 Å². The Morgan fingerprint density at radius 3 is 3.11 bits per heavy atom. The lowest BCUT2D eigenvalue weighted by Gasteiger charge is -2.00. The second kappa shape index (κ2) is 2.84. The maximum absolute atomic E-state index is 10.0. The fraction of sp³-hybridized carbons (Fsp3) is 0.750. The van der Waals surface area contributed by atoms with Crippen LogP contribution in [0.3, 0.4) is 0 Å². The molecule has 5 heteroatoms. The average Bonchev–Trinajstić information content (AvgIpc) is 2.15. The zero-order chi connectivity index (χ0) is 6.69. The van der Waals surface area contributed by atoms with E-state index in [2.05, 4.69) is 9.69 Å². The molecule has 0 bridgehead atoms. The molecule has 0 aromatic heterocycles. The van der Waals surface area contributed by atoms with Crippen LogP contribution in [0.2, 0.25) is 6.32 Å². The van der Waals surface area contributed by atoms with Crippen molar-refractivity contribution in [2.24, 2.45) is 0 Å². The fourth-order valence-corrected chi connectivity index (χ4v) is 0.703. The maximum atomic E-state index is 10.0. The Morgan fingerprint density at radius 1 is 1.89 bits per heavy atom. The molecule has 0 aromatic rings. The molecule has 50 valence electrons. The molecule has 1 fully saturated rings. The van der Waals surface area contributed by atoms with Gasteiger partial charge in [-0.15, -0.1) is 0 Å². The van der Waals surface area contributed by atoms with Gasteiger partial charge < -0.3 is 9.91 Å². The third-order valence-corrected chi connectivity index (χ3v) is 1.13. The van der Waals surface area contributed by atoms with Gasteiger partial charge in [-0.3, -0.25) is 4.79 Å². The van der Waals surface area contributed by atoms with E-state index in [1.54, 1.807) is 0 Å². The van der Waals surface area contributed by atoms with E-state index >= 15 is 0 Å². The summed E-state index contributed by atoms with van der Waals surface area (Å²) in [6.45, 7) is 0. The molecule has 1 unspecified atom stereocenters. The molecule has 0 amide bonds. The molecule has 1 saturated heterocycles. The zero-order valence-corrected chi connectivity index (χ0v) is 4.87. The van der Waals surface area contributed by atoms with Crippen LogP contribution in [0, 0.1) is 0 Å². The third kappa shape index (κ3) is 2.03. The summed E-state index contributed by atoms with van der Waals surface area (Å²) in [6.07, 6.45) is 0.495. The van der Waals surface area contributed by atoms with Crippen LogP contribution in [-0.2, 0) is 14.5 Å². The van der Waals surface area contributed by atoms with Crippen molar-refractivity contribution >= 4 is 13.5 Å². The molecule has 1 aliphatic heterocycles. The van der Waals surface area contributed by atoms with Gasteiger partial charge in [0.05, 0.1) is 12.5 Å². The van der Waals surface area contributed by atoms with Crippen molar-refractivity contribution in [2.45, 2.75) is 18.8 Å². The molecule has 1 atom stereocenters. The van der Waals surface area contributed by atoms with Crippen LogP contribution in [-0.4, -0.2) is 24.7 Å². The molecular weight excluding hydrogens is 123 g/mol. The van der Waals surface area contributed by atoms with Crippen LogP contribution in [0.1, 0.15) is 6.42 Å². The van der Waals surface area contributed by atoms with E-state index in [4.69, 9.17) is 5.11 Å². The Bertz CT molecular complexity index is 109. The lowest BCUT2D eigenvalue weighted by molar-refractivity contribution is -0.220. The van der Waals surface area contributed by atoms with Crippen molar-refractivity contribution in [3.63, 3.8) is 0 Å². The van der Waals surface area contributed by atoms with Crippen molar-refractivity contribution < 1.29 is 19.6 Å². The smallest absolute Gasteiger partial charge is 0.326 e. The Kier molecular flexibility index (Phi) is 2.08. The van der Waals surface area contributed by atoms with E-state index in [1.807, 2.05) is 0 Å². The number of rotatable bonds is 2. The molecule has 0 spiro atoms. The summed E-state index contributed by atoms with van der Waals surface area (Å²) >= 11 is 0. The molecule has 1 N–H and O–H groups in total. The van der Waals surface area contributed by atoms with E-state index < -0.39 is 5.97 Å². The number of aliphatic carboxylic acids is 1. The van der Waals surface area contributed by atoms with Crippen molar-refractivity contribution in [3.8, 4) is 0 Å². The third-order valence-electron chi connectivity index (χ3n) is 1.13. The van der Waals surface area contributed by atoms with Gasteiger partial charge in [-0.05, 0) is 6.32 Å².